The van der Waals surface area contributed by atoms with Gasteiger partial charge >= 0.3 is 0 Å². The molecule has 4 heteroatoms. The molecule has 0 saturated heterocycles. The SMILES string of the molecule is Cc1cc(Br)cc(S(=O)[O-])c1. The fourth-order valence-corrected chi connectivity index (χ4v) is 2.06. The van der Waals surface area contributed by atoms with Gasteiger partial charge < -0.3 is 4.55 Å². The summed E-state index contributed by atoms with van der Waals surface area (Å²) in [5, 5.41) is 0. The molecule has 0 aromatic heterocycles. The molecule has 2 nitrogen and oxygen atoms in total. The molecule has 0 aliphatic heterocycles. The third-order valence-electron chi connectivity index (χ3n) is 1.21. The second-order valence-corrected chi connectivity index (χ2v) is 4.06. The Bertz CT molecular complexity index is 278. The highest BCUT2D eigenvalue weighted by atomic mass is 79.9. The number of benzene rings is 1. The molecule has 0 aliphatic carbocycles. The molecule has 60 valence electrons. The monoisotopic (exact) mass is 233 g/mol. The van der Waals surface area contributed by atoms with Gasteiger partial charge in [-0.3, -0.25) is 4.21 Å². The Morgan fingerprint density at radius 1 is 1.45 bits per heavy atom. The Morgan fingerprint density at radius 2 is 2.09 bits per heavy atom. The van der Waals surface area contributed by atoms with Gasteiger partial charge in [-0.1, -0.05) is 15.9 Å². The van der Waals surface area contributed by atoms with Crippen molar-refractivity contribution in [1.29, 1.82) is 0 Å². The molecule has 0 heterocycles. The lowest BCUT2D eigenvalue weighted by molar-refractivity contribution is 0.537. The van der Waals surface area contributed by atoms with Crippen molar-refractivity contribution in [2.45, 2.75) is 11.8 Å². The fraction of sp³-hybridized carbons (Fsp3) is 0.143. The van der Waals surface area contributed by atoms with E-state index in [0.29, 0.717) is 4.90 Å². The van der Waals surface area contributed by atoms with Crippen molar-refractivity contribution < 1.29 is 8.76 Å². The average molecular weight is 234 g/mol. The first-order valence-corrected chi connectivity index (χ1v) is 4.83. The maximum Gasteiger partial charge on any atom is 0.0262 e. The first-order valence-electron chi connectivity index (χ1n) is 2.96. The van der Waals surface area contributed by atoms with E-state index in [4.69, 9.17) is 0 Å². The summed E-state index contributed by atoms with van der Waals surface area (Å²) in [6.07, 6.45) is 0. The summed E-state index contributed by atoms with van der Waals surface area (Å²) in [5.41, 5.74) is 0.929. The summed E-state index contributed by atoms with van der Waals surface area (Å²) >= 11 is 1.08. The highest BCUT2D eigenvalue weighted by molar-refractivity contribution is 9.10. The summed E-state index contributed by atoms with van der Waals surface area (Å²) in [7, 11) is 0. The van der Waals surface area contributed by atoms with Gasteiger partial charge in [0.15, 0.2) is 0 Å². The van der Waals surface area contributed by atoms with Gasteiger partial charge in [-0.15, -0.1) is 0 Å². The van der Waals surface area contributed by atoms with Crippen LogP contribution in [-0.2, 0) is 11.1 Å². The molecule has 1 atom stereocenters. The Labute approximate surface area is 76.0 Å². The summed E-state index contributed by atoms with van der Waals surface area (Å²) in [6.45, 7) is 1.85. The van der Waals surface area contributed by atoms with E-state index in [0.717, 1.165) is 10.0 Å². The van der Waals surface area contributed by atoms with Crippen molar-refractivity contribution in [2.24, 2.45) is 0 Å². The minimum atomic E-state index is -2.13. The summed E-state index contributed by atoms with van der Waals surface area (Å²) < 4.78 is 21.8. The molecule has 0 amide bonds. The van der Waals surface area contributed by atoms with Crippen molar-refractivity contribution in [3.05, 3.63) is 28.2 Å². The van der Waals surface area contributed by atoms with E-state index >= 15 is 0 Å². The zero-order valence-electron chi connectivity index (χ0n) is 5.83. The highest BCUT2D eigenvalue weighted by Crippen LogP contribution is 2.16. The molecule has 0 fully saturated rings. The van der Waals surface area contributed by atoms with Crippen LogP contribution in [0.3, 0.4) is 0 Å². The standard InChI is InChI=1S/C7H7BrO2S/c1-5-2-6(8)4-7(3-5)11(9)10/h2-4H,1H3,(H,9,10)/p-1. The van der Waals surface area contributed by atoms with Crippen LogP contribution in [0.15, 0.2) is 27.6 Å². The minimum absolute atomic E-state index is 0.317. The first kappa shape index (κ1) is 8.90. The Morgan fingerprint density at radius 3 is 2.55 bits per heavy atom. The van der Waals surface area contributed by atoms with E-state index in [1.807, 2.05) is 13.0 Å². The lowest BCUT2D eigenvalue weighted by Crippen LogP contribution is -1.89. The topological polar surface area (TPSA) is 40.1 Å². The van der Waals surface area contributed by atoms with E-state index in [1.54, 1.807) is 12.1 Å². The molecule has 1 aromatic rings. The van der Waals surface area contributed by atoms with Gasteiger partial charge in [0.05, 0.1) is 0 Å². The van der Waals surface area contributed by atoms with Crippen LogP contribution < -0.4 is 0 Å². The van der Waals surface area contributed by atoms with Crippen molar-refractivity contribution >= 4 is 27.0 Å². The van der Waals surface area contributed by atoms with Gasteiger partial charge in [-0.25, -0.2) is 0 Å². The van der Waals surface area contributed by atoms with Crippen LogP contribution in [0.1, 0.15) is 5.56 Å². The molecule has 0 radical (unpaired) electrons. The fourth-order valence-electron chi connectivity index (χ4n) is 0.799. The van der Waals surface area contributed by atoms with Gasteiger partial charge in [0.1, 0.15) is 0 Å². The van der Waals surface area contributed by atoms with Crippen LogP contribution >= 0.6 is 15.9 Å². The van der Waals surface area contributed by atoms with E-state index in [1.165, 1.54) is 0 Å². The van der Waals surface area contributed by atoms with Crippen molar-refractivity contribution in [3.8, 4) is 0 Å². The smallest absolute Gasteiger partial charge is 0.0262 e. The Hall–Kier alpha value is -0.190. The third kappa shape index (κ3) is 2.39. The largest absolute Gasteiger partial charge is 0.768 e. The van der Waals surface area contributed by atoms with E-state index in [2.05, 4.69) is 15.9 Å². The zero-order valence-corrected chi connectivity index (χ0v) is 8.24. The molecule has 0 N–H and O–H groups in total. The van der Waals surface area contributed by atoms with Crippen LogP contribution in [-0.4, -0.2) is 8.76 Å². The third-order valence-corrected chi connectivity index (χ3v) is 2.29. The molecule has 1 aromatic carbocycles. The summed E-state index contributed by atoms with van der Waals surface area (Å²) in [4.78, 5) is 0.317. The average Bonchev–Trinajstić information content (AvgIpc) is 1.85. The molecular formula is C7H6BrO2S-. The van der Waals surface area contributed by atoms with Crippen molar-refractivity contribution in [3.63, 3.8) is 0 Å². The molecule has 1 rings (SSSR count). The molecule has 0 bridgehead atoms. The predicted octanol–water partition coefficient (Wildman–Crippen LogP) is 2.00. The number of rotatable bonds is 1. The van der Waals surface area contributed by atoms with Gasteiger partial charge in [0.25, 0.3) is 0 Å². The molecule has 11 heavy (non-hydrogen) atoms. The van der Waals surface area contributed by atoms with Crippen LogP contribution in [0.5, 0.6) is 0 Å². The molecule has 0 aliphatic rings. The predicted molar refractivity (Wildman–Crippen MR) is 46.1 cm³/mol. The van der Waals surface area contributed by atoms with E-state index in [-0.39, 0.29) is 0 Å². The minimum Gasteiger partial charge on any atom is -0.768 e. The van der Waals surface area contributed by atoms with E-state index < -0.39 is 11.1 Å². The second kappa shape index (κ2) is 3.47. The van der Waals surface area contributed by atoms with Gasteiger partial charge in [0, 0.05) is 9.37 Å². The highest BCUT2D eigenvalue weighted by Gasteiger charge is 1.95. The van der Waals surface area contributed by atoms with Crippen LogP contribution in [0.25, 0.3) is 0 Å². The molecule has 0 spiro atoms. The Balaban J connectivity index is 3.19. The van der Waals surface area contributed by atoms with Crippen LogP contribution in [0, 0.1) is 6.92 Å². The number of halogens is 1. The van der Waals surface area contributed by atoms with Gasteiger partial charge in [-0.2, -0.15) is 0 Å². The van der Waals surface area contributed by atoms with Crippen LogP contribution in [0.2, 0.25) is 0 Å². The molecule has 0 saturated carbocycles. The number of hydrogen-bond donors (Lipinski definition) is 0. The summed E-state index contributed by atoms with van der Waals surface area (Å²) in [6, 6.07) is 5.04. The quantitative estimate of drug-likeness (QED) is 0.697. The van der Waals surface area contributed by atoms with Crippen molar-refractivity contribution in [2.75, 3.05) is 0 Å². The first-order chi connectivity index (χ1) is 5.09. The zero-order chi connectivity index (χ0) is 8.43. The summed E-state index contributed by atoms with van der Waals surface area (Å²) in [5.74, 6) is 0. The lowest BCUT2D eigenvalue weighted by Gasteiger charge is -2.05. The lowest BCUT2D eigenvalue weighted by atomic mass is 10.2. The van der Waals surface area contributed by atoms with Crippen LogP contribution in [0.4, 0.5) is 0 Å². The molecular weight excluding hydrogens is 228 g/mol. The Kier molecular flexibility index (Phi) is 2.81. The maximum atomic E-state index is 10.5. The van der Waals surface area contributed by atoms with E-state index in [9.17, 15) is 8.76 Å². The number of hydrogen-bond acceptors (Lipinski definition) is 2. The van der Waals surface area contributed by atoms with Gasteiger partial charge in [0.2, 0.25) is 0 Å². The van der Waals surface area contributed by atoms with Crippen molar-refractivity contribution in [1.82, 2.24) is 0 Å². The normalized spacial score (nSPS) is 13.0. The second-order valence-electron chi connectivity index (χ2n) is 2.20. The maximum absolute atomic E-state index is 10.5. The molecule has 1 unspecified atom stereocenters. The van der Waals surface area contributed by atoms with Gasteiger partial charge in [-0.05, 0) is 41.8 Å². The number of aryl methyl sites for hydroxylation is 1.